The van der Waals surface area contributed by atoms with Crippen molar-refractivity contribution in [3.63, 3.8) is 0 Å². The molecule has 0 aliphatic heterocycles. The molecule has 3 atom stereocenters. The van der Waals surface area contributed by atoms with E-state index < -0.39 is 26.7 Å². The zero-order valence-corrected chi connectivity index (χ0v) is 18.3. The number of hydrogen-bond donors (Lipinski definition) is 0. The molecule has 0 aromatic rings. The summed E-state index contributed by atoms with van der Waals surface area (Å²) in [7, 11) is -3.94. The summed E-state index contributed by atoms with van der Waals surface area (Å²) < 4.78 is 47.1. The first kappa shape index (κ1) is 26.0. The van der Waals surface area contributed by atoms with Crippen LogP contribution >= 0.6 is 7.82 Å². The van der Waals surface area contributed by atoms with Gasteiger partial charge in [-0.05, 0) is 40.0 Å². The van der Waals surface area contributed by atoms with Gasteiger partial charge in [0.2, 0.25) is 0 Å². The summed E-state index contributed by atoms with van der Waals surface area (Å²) in [4.78, 5) is 0. The van der Waals surface area contributed by atoms with E-state index in [-0.39, 0.29) is 0 Å². The Morgan fingerprint density at radius 3 is 1.04 bits per heavy atom. The molecule has 0 N–H and O–H groups in total. The lowest BCUT2D eigenvalue weighted by Gasteiger charge is -2.29. The van der Waals surface area contributed by atoms with E-state index in [1.54, 1.807) is 0 Å². The van der Waals surface area contributed by atoms with Gasteiger partial charge in [-0.3, -0.25) is 13.6 Å². The predicted molar refractivity (Wildman–Crippen MR) is 102 cm³/mol. The van der Waals surface area contributed by atoms with Gasteiger partial charge in [0, 0.05) is 19.8 Å². The first-order valence-electron chi connectivity index (χ1n) is 9.98. The molecule has 0 spiro atoms. The average molecular weight is 398 g/mol. The molecule has 0 radical (unpaired) electrons. The largest absolute Gasteiger partial charge is 0.481 e. The third kappa shape index (κ3) is 11.7. The van der Waals surface area contributed by atoms with Crippen molar-refractivity contribution in [1.29, 1.82) is 0 Å². The lowest BCUT2D eigenvalue weighted by molar-refractivity contribution is -0.160. The molecule has 0 aromatic heterocycles. The van der Waals surface area contributed by atoms with Crippen LogP contribution in [0.5, 0.6) is 0 Å². The quantitative estimate of drug-likeness (QED) is 0.219. The third-order valence-electron chi connectivity index (χ3n) is 3.37. The maximum atomic E-state index is 13.4. The number of ether oxygens (including phenoxy) is 3. The van der Waals surface area contributed by atoms with E-state index in [0.29, 0.717) is 39.1 Å². The Hall–Kier alpha value is -0.0100. The Bertz CT molecular complexity index is 297. The van der Waals surface area contributed by atoms with Crippen LogP contribution in [0, 0.1) is 0 Å². The molecule has 0 aliphatic rings. The first-order valence-corrected chi connectivity index (χ1v) is 11.4. The molecular weight excluding hydrogens is 359 g/mol. The molecule has 0 saturated carbocycles. The highest BCUT2D eigenvalue weighted by Gasteiger charge is 2.37. The van der Waals surface area contributed by atoms with Crippen LogP contribution in [0.2, 0.25) is 0 Å². The highest BCUT2D eigenvalue weighted by molar-refractivity contribution is 7.48. The van der Waals surface area contributed by atoms with Gasteiger partial charge in [-0.15, -0.1) is 0 Å². The van der Waals surface area contributed by atoms with Crippen molar-refractivity contribution in [1.82, 2.24) is 0 Å². The average Bonchev–Trinajstić information content (AvgIpc) is 2.56. The van der Waals surface area contributed by atoms with Crippen LogP contribution in [0.1, 0.15) is 80.1 Å². The van der Waals surface area contributed by atoms with Crippen LogP contribution < -0.4 is 0 Å². The van der Waals surface area contributed by atoms with Gasteiger partial charge < -0.3 is 14.2 Å². The van der Waals surface area contributed by atoms with Gasteiger partial charge in [-0.2, -0.15) is 0 Å². The van der Waals surface area contributed by atoms with Gasteiger partial charge in [0.05, 0.1) is 0 Å². The van der Waals surface area contributed by atoms with E-state index in [4.69, 9.17) is 27.8 Å². The van der Waals surface area contributed by atoms with Crippen LogP contribution in [0.15, 0.2) is 0 Å². The summed E-state index contributed by atoms with van der Waals surface area (Å²) >= 11 is 0. The number of hydrogen-bond acceptors (Lipinski definition) is 7. The Balaban J connectivity index is 5.33. The van der Waals surface area contributed by atoms with E-state index >= 15 is 0 Å². The second-order valence-corrected chi connectivity index (χ2v) is 7.31. The summed E-state index contributed by atoms with van der Waals surface area (Å²) in [5.41, 5.74) is 0. The molecule has 0 heterocycles. The van der Waals surface area contributed by atoms with E-state index in [1.807, 2.05) is 41.5 Å². The van der Waals surface area contributed by atoms with Crippen molar-refractivity contribution in [2.24, 2.45) is 0 Å². The summed E-state index contributed by atoms with van der Waals surface area (Å²) in [5, 5.41) is 0. The van der Waals surface area contributed by atoms with Crippen molar-refractivity contribution < 1.29 is 32.3 Å². The van der Waals surface area contributed by atoms with Crippen LogP contribution in [-0.4, -0.2) is 38.7 Å². The number of phosphoric acid groups is 1. The molecule has 3 unspecified atom stereocenters. The van der Waals surface area contributed by atoms with Crippen molar-refractivity contribution in [2.45, 2.75) is 98.9 Å². The molecule has 0 saturated heterocycles. The Labute approximate surface area is 159 Å². The molecule has 0 aliphatic carbocycles. The highest BCUT2D eigenvalue weighted by atomic mass is 31.2. The molecule has 0 amide bonds. The molecule has 0 fully saturated rings. The van der Waals surface area contributed by atoms with E-state index in [9.17, 15) is 4.57 Å². The van der Waals surface area contributed by atoms with Crippen molar-refractivity contribution >= 4 is 7.82 Å². The lowest BCUT2D eigenvalue weighted by Crippen LogP contribution is -2.25. The fraction of sp³-hybridized carbons (Fsp3) is 1.00. The van der Waals surface area contributed by atoms with Gasteiger partial charge in [0.15, 0.2) is 18.9 Å². The molecule has 26 heavy (non-hydrogen) atoms. The summed E-state index contributed by atoms with van der Waals surface area (Å²) in [6.45, 7) is 12.9. The van der Waals surface area contributed by atoms with Gasteiger partial charge in [-0.25, -0.2) is 4.57 Å². The van der Waals surface area contributed by atoms with E-state index in [0.717, 1.165) is 19.3 Å². The summed E-state index contributed by atoms with van der Waals surface area (Å²) in [5.74, 6) is 0. The van der Waals surface area contributed by atoms with Crippen LogP contribution in [0.4, 0.5) is 0 Å². The third-order valence-corrected chi connectivity index (χ3v) is 4.85. The molecular formula is C18H39O7P. The van der Waals surface area contributed by atoms with Gasteiger partial charge in [-0.1, -0.05) is 40.0 Å². The summed E-state index contributed by atoms with van der Waals surface area (Å²) in [6, 6.07) is 0. The smallest absolute Gasteiger partial charge is 0.352 e. The SMILES string of the molecule is CCCC(OCC)OP(=O)(OC(CCC)OCC)OC(CCC)OCC. The monoisotopic (exact) mass is 398 g/mol. The fourth-order valence-electron chi connectivity index (χ4n) is 2.27. The van der Waals surface area contributed by atoms with E-state index in [1.165, 1.54) is 0 Å². The van der Waals surface area contributed by atoms with Gasteiger partial charge in [0.25, 0.3) is 0 Å². The maximum absolute atomic E-state index is 13.4. The molecule has 0 rings (SSSR count). The predicted octanol–water partition coefficient (Wildman–Crippen LogP) is 5.63. The Morgan fingerprint density at radius 1 is 0.577 bits per heavy atom. The zero-order valence-electron chi connectivity index (χ0n) is 17.4. The molecule has 0 bridgehead atoms. The Kier molecular flexibility index (Phi) is 16.0. The normalized spacial score (nSPS) is 17.6. The minimum Gasteiger partial charge on any atom is -0.352 e. The second-order valence-electron chi connectivity index (χ2n) is 5.78. The van der Waals surface area contributed by atoms with Crippen molar-refractivity contribution in [3.8, 4) is 0 Å². The number of phosphoric ester groups is 1. The van der Waals surface area contributed by atoms with Crippen molar-refractivity contribution in [3.05, 3.63) is 0 Å². The fourth-order valence-corrected chi connectivity index (χ4v) is 3.78. The Morgan fingerprint density at radius 2 is 0.846 bits per heavy atom. The van der Waals surface area contributed by atoms with Crippen molar-refractivity contribution in [2.75, 3.05) is 19.8 Å². The van der Waals surface area contributed by atoms with Crippen LogP contribution in [-0.2, 0) is 32.3 Å². The molecule has 0 aromatic carbocycles. The highest BCUT2D eigenvalue weighted by Crippen LogP contribution is 2.54. The molecule has 8 heteroatoms. The second kappa shape index (κ2) is 16.0. The van der Waals surface area contributed by atoms with E-state index in [2.05, 4.69) is 0 Å². The summed E-state index contributed by atoms with van der Waals surface area (Å²) in [6.07, 6.45) is 2.23. The molecule has 7 nitrogen and oxygen atoms in total. The van der Waals surface area contributed by atoms with Gasteiger partial charge in [0.1, 0.15) is 0 Å². The minimum atomic E-state index is -3.94. The number of rotatable bonds is 18. The maximum Gasteiger partial charge on any atom is 0.481 e. The minimum absolute atomic E-state index is 0.443. The van der Waals surface area contributed by atoms with Gasteiger partial charge >= 0.3 is 7.82 Å². The lowest BCUT2D eigenvalue weighted by atomic mass is 10.3. The zero-order chi connectivity index (χ0) is 19.8. The van der Waals surface area contributed by atoms with Crippen LogP contribution in [0.25, 0.3) is 0 Å². The topological polar surface area (TPSA) is 72.5 Å². The standard InChI is InChI=1S/C18H39O7P/c1-7-13-16(20-10-4)23-26(19,24-17(14-8-2)21-11-5)25-18(15-9-3)22-12-6/h16-18H,7-15H2,1-6H3. The van der Waals surface area contributed by atoms with Crippen LogP contribution in [0.3, 0.4) is 0 Å². The molecule has 158 valence electrons. The first-order chi connectivity index (χ1) is 12.5.